The minimum Gasteiger partial charge on any atom is -0.478 e. The van der Waals surface area contributed by atoms with Crippen molar-refractivity contribution in [1.82, 2.24) is 4.98 Å². The summed E-state index contributed by atoms with van der Waals surface area (Å²) in [7, 11) is 0. The van der Waals surface area contributed by atoms with Gasteiger partial charge in [0.05, 0.1) is 16.8 Å². The molecule has 1 aromatic heterocycles. The fourth-order valence-corrected chi connectivity index (χ4v) is 3.03. The second kappa shape index (κ2) is 5.72. The highest BCUT2D eigenvalue weighted by atomic mass is 35.5. The number of carboxylic acid groups (broad SMARTS) is 1. The van der Waals surface area contributed by atoms with Crippen LogP contribution < -0.4 is 4.90 Å². The minimum atomic E-state index is -1.15. The number of rotatable bonds is 2. The number of carbonyl (C=O) groups excluding carboxylic acids is 1. The monoisotopic (exact) mass is 350 g/mol. The highest BCUT2D eigenvalue weighted by molar-refractivity contribution is 6.31. The lowest BCUT2D eigenvalue weighted by Crippen LogP contribution is -2.22. The van der Waals surface area contributed by atoms with E-state index >= 15 is 0 Å². The molecule has 1 N–H and O–H groups in total. The Bertz CT molecular complexity index is 1060. The van der Waals surface area contributed by atoms with Crippen molar-refractivity contribution in [2.75, 3.05) is 4.90 Å². The molecule has 0 saturated carbocycles. The van der Waals surface area contributed by atoms with Crippen LogP contribution in [0.4, 0.5) is 5.69 Å². The molecule has 0 fully saturated rings. The zero-order chi connectivity index (χ0) is 17.6. The van der Waals surface area contributed by atoms with Gasteiger partial charge in [-0.2, -0.15) is 0 Å². The molecule has 3 aromatic rings. The Hall–Kier alpha value is -3.18. The van der Waals surface area contributed by atoms with Crippen LogP contribution in [0.5, 0.6) is 0 Å². The van der Waals surface area contributed by atoms with Gasteiger partial charge in [0.1, 0.15) is 5.69 Å². The molecule has 1 amide bonds. The Morgan fingerprint density at radius 2 is 1.84 bits per heavy atom. The fourth-order valence-electron chi connectivity index (χ4n) is 2.91. The standard InChI is InChI=1S/C19H11ClN2O3/c20-12-5-7-13(8-6-12)22-16(10-17(23)24)18-14(19(22)25)9-11-3-1-2-4-15(11)21-18/h1-10H,(H,23,24)/b16-10+. The summed E-state index contributed by atoms with van der Waals surface area (Å²) in [6.45, 7) is 0. The van der Waals surface area contributed by atoms with E-state index in [1.54, 1.807) is 30.3 Å². The zero-order valence-corrected chi connectivity index (χ0v) is 13.6. The highest BCUT2D eigenvalue weighted by Crippen LogP contribution is 2.37. The molecular weight excluding hydrogens is 340 g/mol. The lowest BCUT2D eigenvalue weighted by atomic mass is 10.1. The van der Waals surface area contributed by atoms with Crippen molar-refractivity contribution >= 4 is 45.8 Å². The normalized spacial score (nSPS) is 15.0. The van der Waals surface area contributed by atoms with Crippen molar-refractivity contribution < 1.29 is 14.7 Å². The first-order valence-electron chi connectivity index (χ1n) is 7.49. The van der Waals surface area contributed by atoms with E-state index in [4.69, 9.17) is 11.6 Å². The molecule has 2 heterocycles. The molecule has 0 saturated heterocycles. The molecule has 5 nitrogen and oxygen atoms in total. The van der Waals surface area contributed by atoms with Crippen LogP contribution in [-0.2, 0) is 4.79 Å². The first kappa shape index (κ1) is 15.4. The molecule has 2 aromatic carbocycles. The molecule has 0 unspecified atom stereocenters. The molecule has 0 bridgehead atoms. The highest BCUT2D eigenvalue weighted by Gasteiger charge is 2.35. The maximum atomic E-state index is 12.9. The summed E-state index contributed by atoms with van der Waals surface area (Å²) in [5, 5.41) is 10.6. The van der Waals surface area contributed by atoms with Crippen LogP contribution in [0.2, 0.25) is 5.02 Å². The van der Waals surface area contributed by atoms with Gasteiger partial charge < -0.3 is 5.11 Å². The van der Waals surface area contributed by atoms with Crippen molar-refractivity contribution in [3.63, 3.8) is 0 Å². The smallest absolute Gasteiger partial charge is 0.330 e. The Labute approximate surface area is 147 Å². The molecule has 122 valence electrons. The number of hydrogen-bond donors (Lipinski definition) is 1. The molecule has 1 aliphatic rings. The Kier molecular flexibility index (Phi) is 3.51. The minimum absolute atomic E-state index is 0.237. The van der Waals surface area contributed by atoms with Crippen molar-refractivity contribution in [2.24, 2.45) is 0 Å². The number of aromatic nitrogens is 1. The second-order valence-corrected chi connectivity index (χ2v) is 6.00. The van der Waals surface area contributed by atoms with E-state index in [1.165, 1.54) is 4.90 Å². The largest absolute Gasteiger partial charge is 0.478 e. The van der Waals surface area contributed by atoms with Crippen molar-refractivity contribution in [3.05, 3.63) is 77.0 Å². The number of halogens is 1. The topological polar surface area (TPSA) is 70.5 Å². The van der Waals surface area contributed by atoms with E-state index in [0.29, 0.717) is 27.5 Å². The third-order valence-electron chi connectivity index (χ3n) is 3.99. The van der Waals surface area contributed by atoms with E-state index in [1.807, 2.05) is 24.3 Å². The summed E-state index contributed by atoms with van der Waals surface area (Å²) in [5.74, 6) is -1.47. The average molecular weight is 351 g/mol. The van der Waals surface area contributed by atoms with Gasteiger partial charge in [0.25, 0.3) is 5.91 Å². The van der Waals surface area contributed by atoms with E-state index < -0.39 is 5.97 Å². The molecule has 0 aliphatic carbocycles. The number of amides is 1. The van der Waals surface area contributed by atoms with Crippen LogP contribution in [0.15, 0.2) is 60.7 Å². The predicted octanol–water partition coefficient (Wildman–Crippen LogP) is 3.97. The molecule has 25 heavy (non-hydrogen) atoms. The summed E-state index contributed by atoms with van der Waals surface area (Å²) in [6, 6.07) is 15.8. The number of anilines is 1. The molecule has 0 spiro atoms. The summed E-state index contributed by atoms with van der Waals surface area (Å²) < 4.78 is 0. The van der Waals surface area contributed by atoms with Gasteiger partial charge in [-0.1, -0.05) is 29.8 Å². The number of nitrogens with zero attached hydrogens (tertiary/aromatic N) is 2. The van der Waals surface area contributed by atoms with Crippen LogP contribution in [0.3, 0.4) is 0 Å². The van der Waals surface area contributed by atoms with Crippen LogP contribution >= 0.6 is 11.6 Å². The number of benzene rings is 2. The maximum Gasteiger partial charge on any atom is 0.330 e. The first-order valence-corrected chi connectivity index (χ1v) is 7.87. The number of fused-ring (bicyclic) bond motifs is 2. The predicted molar refractivity (Wildman–Crippen MR) is 95.6 cm³/mol. The number of pyridine rings is 1. The average Bonchev–Trinajstić information content (AvgIpc) is 2.85. The quantitative estimate of drug-likeness (QED) is 0.710. The van der Waals surface area contributed by atoms with E-state index in [-0.39, 0.29) is 11.6 Å². The van der Waals surface area contributed by atoms with Crippen LogP contribution in [0, 0.1) is 0 Å². The summed E-state index contributed by atoms with van der Waals surface area (Å²) in [4.78, 5) is 30.1. The van der Waals surface area contributed by atoms with Gasteiger partial charge in [0.2, 0.25) is 0 Å². The third kappa shape index (κ3) is 2.55. The number of hydrogen-bond acceptors (Lipinski definition) is 3. The zero-order valence-electron chi connectivity index (χ0n) is 12.8. The lowest BCUT2D eigenvalue weighted by molar-refractivity contribution is -0.131. The summed E-state index contributed by atoms with van der Waals surface area (Å²) in [5.41, 5.74) is 2.20. The first-order chi connectivity index (χ1) is 12.0. The number of para-hydroxylation sites is 1. The number of carbonyl (C=O) groups is 2. The van der Waals surface area contributed by atoms with E-state index in [2.05, 4.69) is 4.98 Å². The van der Waals surface area contributed by atoms with Gasteiger partial charge in [-0.15, -0.1) is 0 Å². The molecule has 4 rings (SSSR count). The Morgan fingerprint density at radius 3 is 2.56 bits per heavy atom. The van der Waals surface area contributed by atoms with Gasteiger partial charge in [-0.3, -0.25) is 9.69 Å². The SMILES string of the molecule is O=C(O)/C=C1\c2nc3ccccc3cc2C(=O)N1c1ccc(Cl)cc1. The van der Waals surface area contributed by atoms with Crippen molar-refractivity contribution in [3.8, 4) is 0 Å². The van der Waals surface area contributed by atoms with Crippen molar-refractivity contribution in [2.45, 2.75) is 0 Å². The van der Waals surface area contributed by atoms with Crippen molar-refractivity contribution in [1.29, 1.82) is 0 Å². The third-order valence-corrected chi connectivity index (χ3v) is 4.24. The van der Waals surface area contributed by atoms with Gasteiger partial charge in [0.15, 0.2) is 0 Å². The van der Waals surface area contributed by atoms with Gasteiger partial charge in [-0.25, -0.2) is 9.78 Å². The summed E-state index contributed by atoms with van der Waals surface area (Å²) in [6.07, 6.45) is 1.00. The second-order valence-electron chi connectivity index (χ2n) is 5.56. The molecule has 0 radical (unpaired) electrons. The molecule has 6 heteroatoms. The van der Waals surface area contributed by atoms with E-state index in [0.717, 1.165) is 11.5 Å². The maximum absolute atomic E-state index is 12.9. The fraction of sp³-hybridized carbons (Fsp3) is 0. The molecular formula is C19H11ClN2O3. The van der Waals surface area contributed by atoms with Gasteiger partial charge in [-0.05, 0) is 36.4 Å². The van der Waals surface area contributed by atoms with Crippen LogP contribution in [0.25, 0.3) is 16.6 Å². The number of carboxylic acids is 1. The van der Waals surface area contributed by atoms with Crippen LogP contribution in [-0.4, -0.2) is 22.0 Å². The summed E-state index contributed by atoms with van der Waals surface area (Å²) >= 11 is 5.91. The molecule has 1 aliphatic heterocycles. The van der Waals surface area contributed by atoms with Gasteiger partial charge >= 0.3 is 5.97 Å². The van der Waals surface area contributed by atoms with E-state index in [9.17, 15) is 14.7 Å². The Balaban J connectivity index is 1.96. The Morgan fingerprint density at radius 1 is 1.12 bits per heavy atom. The van der Waals surface area contributed by atoms with Gasteiger partial charge in [0, 0.05) is 22.2 Å². The lowest BCUT2D eigenvalue weighted by Gasteiger charge is -2.17. The number of aliphatic carboxylic acids is 1. The van der Waals surface area contributed by atoms with Crippen LogP contribution in [0.1, 0.15) is 16.1 Å². The molecule has 0 atom stereocenters.